The Bertz CT molecular complexity index is 128. The maximum absolute atomic E-state index is 9.00. The molecule has 0 saturated carbocycles. The Morgan fingerprint density at radius 1 is 1.67 bits per heavy atom. The first-order valence-electron chi connectivity index (χ1n) is 4.70. The monoisotopic (exact) mass is 173 g/mol. The highest BCUT2D eigenvalue weighted by molar-refractivity contribution is 4.74. The highest BCUT2D eigenvalue weighted by Crippen LogP contribution is 2.18. The fraction of sp³-hybridized carbons (Fsp3) is 1.00. The summed E-state index contributed by atoms with van der Waals surface area (Å²) in [6.07, 6.45) is 1.28. The van der Waals surface area contributed by atoms with Gasteiger partial charge >= 0.3 is 0 Å². The number of hydrogen-bond donors (Lipinski definition) is 2. The van der Waals surface area contributed by atoms with E-state index in [4.69, 9.17) is 9.84 Å². The molecule has 0 aromatic heterocycles. The van der Waals surface area contributed by atoms with Gasteiger partial charge < -0.3 is 15.2 Å². The van der Waals surface area contributed by atoms with Gasteiger partial charge in [-0.2, -0.15) is 0 Å². The fourth-order valence-corrected chi connectivity index (χ4v) is 1.52. The summed E-state index contributed by atoms with van der Waals surface area (Å²) in [6.45, 7) is 6.45. The van der Waals surface area contributed by atoms with Gasteiger partial charge in [-0.1, -0.05) is 0 Å². The predicted molar refractivity (Wildman–Crippen MR) is 48.1 cm³/mol. The van der Waals surface area contributed by atoms with Gasteiger partial charge in [0.1, 0.15) is 0 Å². The van der Waals surface area contributed by atoms with Crippen LogP contribution in [-0.2, 0) is 4.74 Å². The van der Waals surface area contributed by atoms with Gasteiger partial charge in [-0.3, -0.25) is 0 Å². The van der Waals surface area contributed by atoms with Crippen LogP contribution in [-0.4, -0.2) is 37.0 Å². The number of hydrogen-bond acceptors (Lipinski definition) is 3. The normalized spacial score (nSPS) is 32.2. The average Bonchev–Trinajstić information content (AvgIpc) is 2.36. The number of aliphatic hydroxyl groups excluding tert-OH is 1. The third-order valence-electron chi connectivity index (χ3n) is 2.38. The first kappa shape index (κ1) is 9.96. The number of ether oxygens (including phenoxy) is 1. The van der Waals surface area contributed by atoms with Crippen LogP contribution < -0.4 is 5.32 Å². The minimum absolute atomic E-state index is 0.248. The molecule has 0 amide bonds. The van der Waals surface area contributed by atoms with Crippen molar-refractivity contribution < 1.29 is 9.84 Å². The lowest BCUT2D eigenvalue weighted by Gasteiger charge is -2.15. The van der Waals surface area contributed by atoms with Crippen LogP contribution in [0.25, 0.3) is 0 Å². The zero-order chi connectivity index (χ0) is 8.97. The van der Waals surface area contributed by atoms with Crippen molar-refractivity contribution >= 4 is 0 Å². The molecule has 1 saturated heterocycles. The zero-order valence-corrected chi connectivity index (χ0v) is 7.92. The van der Waals surface area contributed by atoms with Gasteiger partial charge in [0.2, 0.25) is 0 Å². The van der Waals surface area contributed by atoms with E-state index >= 15 is 0 Å². The molecule has 0 spiro atoms. The molecular weight excluding hydrogens is 154 g/mol. The van der Waals surface area contributed by atoms with Crippen LogP contribution in [0.4, 0.5) is 0 Å². The van der Waals surface area contributed by atoms with Crippen LogP contribution in [0.1, 0.15) is 20.3 Å². The van der Waals surface area contributed by atoms with Gasteiger partial charge in [0.15, 0.2) is 0 Å². The summed E-state index contributed by atoms with van der Waals surface area (Å²) in [5, 5.41) is 12.2. The second-order valence-electron chi connectivity index (χ2n) is 3.63. The van der Waals surface area contributed by atoms with Gasteiger partial charge in [-0.15, -0.1) is 0 Å². The molecule has 1 heterocycles. The van der Waals surface area contributed by atoms with Crippen molar-refractivity contribution in [3.05, 3.63) is 0 Å². The molecule has 0 aromatic carbocycles. The van der Waals surface area contributed by atoms with E-state index in [-0.39, 0.29) is 6.10 Å². The van der Waals surface area contributed by atoms with Crippen molar-refractivity contribution in [3.8, 4) is 0 Å². The summed E-state index contributed by atoms with van der Waals surface area (Å²) in [5.41, 5.74) is 0. The molecule has 1 fully saturated rings. The largest absolute Gasteiger partial charge is 0.392 e. The van der Waals surface area contributed by atoms with E-state index in [0.717, 1.165) is 19.6 Å². The van der Waals surface area contributed by atoms with Gasteiger partial charge in [-0.05, 0) is 26.2 Å². The summed E-state index contributed by atoms with van der Waals surface area (Å²) in [4.78, 5) is 0. The van der Waals surface area contributed by atoms with Gasteiger partial charge in [0, 0.05) is 19.7 Å². The second-order valence-corrected chi connectivity index (χ2v) is 3.63. The molecule has 3 atom stereocenters. The Morgan fingerprint density at radius 3 is 2.92 bits per heavy atom. The van der Waals surface area contributed by atoms with Crippen molar-refractivity contribution in [2.45, 2.75) is 32.5 Å². The van der Waals surface area contributed by atoms with E-state index in [1.807, 2.05) is 0 Å². The molecule has 0 aromatic rings. The molecule has 1 rings (SSSR count). The lowest BCUT2D eigenvalue weighted by atomic mass is 10.0. The van der Waals surface area contributed by atoms with Gasteiger partial charge in [0.25, 0.3) is 0 Å². The molecule has 2 N–H and O–H groups in total. The van der Waals surface area contributed by atoms with Crippen LogP contribution in [0.2, 0.25) is 0 Å². The molecule has 1 aliphatic heterocycles. The standard InChI is InChI=1S/C9H19NO2/c1-7(11)5-10-6-9-3-4-12-8(9)2/h7-11H,3-6H2,1-2H3/t7-,8?,9?/m1/s1. The molecule has 0 radical (unpaired) electrons. The van der Waals surface area contributed by atoms with Gasteiger partial charge in [0.05, 0.1) is 12.2 Å². The van der Waals surface area contributed by atoms with Crippen LogP contribution in [0.15, 0.2) is 0 Å². The minimum Gasteiger partial charge on any atom is -0.392 e. The van der Waals surface area contributed by atoms with Gasteiger partial charge in [-0.25, -0.2) is 0 Å². The molecule has 2 unspecified atom stereocenters. The number of aliphatic hydroxyl groups is 1. The van der Waals surface area contributed by atoms with E-state index < -0.39 is 0 Å². The molecular formula is C9H19NO2. The Morgan fingerprint density at radius 2 is 2.42 bits per heavy atom. The third-order valence-corrected chi connectivity index (χ3v) is 2.38. The molecule has 3 nitrogen and oxygen atoms in total. The topological polar surface area (TPSA) is 41.5 Å². The lowest BCUT2D eigenvalue weighted by Crippen LogP contribution is -2.31. The van der Waals surface area contributed by atoms with Crippen LogP contribution in [0.5, 0.6) is 0 Å². The Kier molecular flexibility index (Phi) is 3.98. The van der Waals surface area contributed by atoms with E-state index in [9.17, 15) is 0 Å². The molecule has 0 bridgehead atoms. The molecule has 1 aliphatic rings. The zero-order valence-electron chi connectivity index (χ0n) is 7.92. The molecule has 0 aliphatic carbocycles. The summed E-state index contributed by atoms with van der Waals surface area (Å²) in [5.74, 6) is 0.628. The summed E-state index contributed by atoms with van der Waals surface area (Å²) in [6, 6.07) is 0. The summed E-state index contributed by atoms with van der Waals surface area (Å²) < 4.78 is 5.42. The van der Waals surface area contributed by atoms with Crippen LogP contribution in [0.3, 0.4) is 0 Å². The molecule has 12 heavy (non-hydrogen) atoms. The smallest absolute Gasteiger partial charge is 0.0636 e. The lowest BCUT2D eigenvalue weighted by molar-refractivity contribution is 0.104. The van der Waals surface area contributed by atoms with E-state index in [2.05, 4.69) is 12.2 Å². The minimum atomic E-state index is -0.248. The van der Waals surface area contributed by atoms with Crippen molar-refractivity contribution in [1.82, 2.24) is 5.32 Å². The average molecular weight is 173 g/mol. The molecule has 72 valence electrons. The summed E-state index contributed by atoms with van der Waals surface area (Å²) in [7, 11) is 0. The Labute approximate surface area is 74.1 Å². The predicted octanol–water partition coefficient (Wildman–Crippen LogP) is 0.382. The Balaban J connectivity index is 2.06. The van der Waals surface area contributed by atoms with E-state index in [1.165, 1.54) is 0 Å². The van der Waals surface area contributed by atoms with Crippen LogP contribution >= 0.6 is 0 Å². The highest BCUT2D eigenvalue weighted by atomic mass is 16.5. The van der Waals surface area contributed by atoms with Crippen molar-refractivity contribution in [2.75, 3.05) is 19.7 Å². The maximum Gasteiger partial charge on any atom is 0.0636 e. The maximum atomic E-state index is 9.00. The Hall–Kier alpha value is -0.120. The fourth-order valence-electron chi connectivity index (χ4n) is 1.52. The van der Waals surface area contributed by atoms with Crippen molar-refractivity contribution in [2.24, 2.45) is 5.92 Å². The molecule has 3 heteroatoms. The first-order chi connectivity index (χ1) is 5.70. The highest BCUT2D eigenvalue weighted by Gasteiger charge is 2.23. The van der Waals surface area contributed by atoms with Crippen molar-refractivity contribution in [1.29, 1.82) is 0 Å². The van der Waals surface area contributed by atoms with Crippen molar-refractivity contribution in [3.63, 3.8) is 0 Å². The quantitative estimate of drug-likeness (QED) is 0.646. The number of nitrogens with one attached hydrogen (secondary N) is 1. The van der Waals surface area contributed by atoms with E-state index in [1.54, 1.807) is 6.92 Å². The van der Waals surface area contributed by atoms with Crippen LogP contribution in [0, 0.1) is 5.92 Å². The number of rotatable bonds is 4. The second kappa shape index (κ2) is 4.80. The SMILES string of the molecule is CC1OCCC1CNC[C@@H](C)O. The summed E-state index contributed by atoms with van der Waals surface area (Å²) >= 11 is 0. The van der Waals surface area contributed by atoms with E-state index in [0.29, 0.717) is 18.6 Å². The third kappa shape index (κ3) is 3.09. The first-order valence-corrected chi connectivity index (χ1v) is 4.70.